The first-order chi connectivity index (χ1) is 13.4. The average Bonchev–Trinajstić information content (AvgIpc) is 3.29. The van der Waals surface area contributed by atoms with Gasteiger partial charge in [-0.15, -0.1) is 0 Å². The average molecular weight is 436 g/mol. The molecule has 1 aliphatic rings. The quantitative estimate of drug-likeness (QED) is 0.657. The van der Waals surface area contributed by atoms with Crippen molar-refractivity contribution in [2.75, 3.05) is 23.1 Å². The standard InChI is InChI=1S/C18H17N3O4S3/c1-28(23,24)13-3-4-14-15(8-13)27-18(20-14)21-17(22)11-2-5-16(19-9-11)25-12-6-7-26-10-12/h2-5,8-9,12H,6-7,10H2,1H3,(H,20,21,22)/t12-/m1/s1. The highest BCUT2D eigenvalue weighted by Crippen LogP contribution is 2.28. The number of nitrogens with one attached hydrogen (secondary N) is 1. The third-order valence-corrected chi connectivity index (χ3v) is 7.36. The summed E-state index contributed by atoms with van der Waals surface area (Å²) in [6.07, 6.45) is 3.82. The van der Waals surface area contributed by atoms with Crippen LogP contribution in [0.3, 0.4) is 0 Å². The molecule has 3 aromatic rings. The number of benzene rings is 1. The molecule has 2 aromatic heterocycles. The molecule has 1 N–H and O–H groups in total. The maximum atomic E-state index is 12.4. The third-order valence-electron chi connectivity index (χ3n) is 4.18. The topological polar surface area (TPSA) is 98.2 Å². The maximum Gasteiger partial charge on any atom is 0.259 e. The zero-order valence-corrected chi connectivity index (χ0v) is 17.4. The molecule has 1 atom stereocenters. The number of hydrogen-bond donors (Lipinski definition) is 1. The van der Waals surface area contributed by atoms with Crippen molar-refractivity contribution in [2.45, 2.75) is 17.4 Å². The van der Waals surface area contributed by atoms with E-state index in [1.54, 1.807) is 24.3 Å². The van der Waals surface area contributed by atoms with E-state index in [9.17, 15) is 13.2 Å². The van der Waals surface area contributed by atoms with E-state index in [-0.39, 0.29) is 16.9 Å². The molecule has 1 saturated heterocycles. The molecular weight excluding hydrogens is 418 g/mol. The molecule has 0 saturated carbocycles. The van der Waals surface area contributed by atoms with Gasteiger partial charge in [0.15, 0.2) is 15.0 Å². The molecule has 0 spiro atoms. The molecule has 1 fully saturated rings. The van der Waals surface area contributed by atoms with Gasteiger partial charge in [-0.2, -0.15) is 11.8 Å². The number of fused-ring (bicyclic) bond motifs is 1. The van der Waals surface area contributed by atoms with Crippen LogP contribution in [0.25, 0.3) is 10.2 Å². The summed E-state index contributed by atoms with van der Waals surface area (Å²) in [6, 6.07) is 8.05. The molecule has 1 amide bonds. The molecule has 3 heterocycles. The van der Waals surface area contributed by atoms with Crippen LogP contribution >= 0.6 is 23.1 Å². The molecule has 28 heavy (non-hydrogen) atoms. The van der Waals surface area contributed by atoms with E-state index in [4.69, 9.17) is 4.74 Å². The molecule has 4 rings (SSSR count). The van der Waals surface area contributed by atoms with E-state index in [1.165, 1.54) is 23.6 Å². The summed E-state index contributed by atoms with van der Waals surface area (Å²) >= 11 is 3.08. The monoisotopic (exact) mass is 435 g/mol. The summed E-state index contributed by atoms with van der Waals surface area (Å²) in [7, 11) is -3.29. The third kappa shape index (κ3) is 4.29. The lowest BCUT2D eigenvalue weighted by Crippen LogP contribution is -2.16. The van der Waals surface area contributed by atoms with Gasteiger partial charge in [0.05, 0.1) is 20.7 Å². The molecule has 1 aliphatic heterocycles. The lowest BCUT2D eigenvalue weighted by atomic mass is 10.2. The van der Waals surface area contributed by atoms with Gasteiger partial charge in [0, 0.05) is 24.3 Å². The fraction of sp³-hybridized carbons (Fsp3) is 0.278. The Morgan fingerprint density at radius 1 is 1.29 bits per heavy atom. The molecule has 1 aromatic carbocycles. The van der Waals surface area contributed by atoms with Crippen LogP contribution in [0.15, 0.2) is 41.4 Å². The van der Waals surface area contributed by atoms with Crippen LogP contribution in [-0.2, 0) is 9.84 Å². The van der Waals surface area contributed by atoms with Crippen LogP contribution in [0.5, 0.6) is 5.88 Å². The first-order valence-corrected chi connectivity index (χ1v) is 12.4. The van der Waals surface area contributed by atoms with Crippen molar-refractivity contribution in [2.24, 2.45) is 0 Å². The minimum Gasteiger partial charge on any atom is -0.473 e. The summed E-state index contributed by atoms with van der Waals surface area (Å²) in [5.41, 5.74) is 1.02. The molecule has 0 radical (unpaired) electrons. The molecular formula is C18H17N3O4S3. The number of rotatable bonds is 5. The molecule has 0 unspecified atom stereocenters. The van der Waals surface area contributed by atoms with Gasteiger partial charge in [-0.05, 0) is 36.4 Å². The van der Waals surface area contributed by atoms with E-state index in [0.29, 0.717) is 26.8 Å². The summed E-state index contributed by atoms with van der Waals surface area (Å²) in [6.45, 7) is 0. The van der Waals surface area contributed by atoms with Gasteiger partial charge < -0.3 is 4.74 Å². The van der Waals surface area contributed by atoms with Crippen molar-refractivity contribution < 1.29 is 17.9 Å². The zero-order valence-electron chi connectivity index (χ0n) is 14.9. The van der Waals surface area contributed by atoms with Gasteiger partial charge in [-0.25, -0.2) is 18.4 Å². The zero-order chi connectivity index (χ0) is 19.7. The number of hydrogen-bond acceptors (Lipinski definition) is 8. The predicted octanol–water partition coefficient (Wildman–Crippen LogP) is 3.23. The van der Waals surface area contributed by atoms with Crippen molar-refractivity contribution in [1.82, 2.24) is 9.97 Å². The Labute approximate surface area is 170 Å². The Bertz CT molecular complexity index is 1120. The smallest absolute Gasteiger partial charge is 0.259 e. The summed E-state index contributed by atoms with van der Waals surface area (Å²) in [5.74, 6) is 2.23. The van der Waals surface area contributed by atoms with E-state index >= 15 is 0 Å². The van der Waals surface area contributed by atoms with E-state index in [1.807, 2.05) is 11.8 Å². The van der Waals surface area contributed by atoms with Crippen LogP contribution in [0.1, 0.15) is 16.8 Å². The van der Waals surface area contributed by atoms with Gasteiger partial charge >= 0.3 is 0 Å². The number of carbonyl (C=O) groups is 1. The van der Waals surface area contributed by atoms with Crippen molar-refractivity contribution in [3.63, 3.8) is 0 Å². The predicted molar refractivity (Wildman–Crippen MR) is 111 cm³/mol. The number of sulfone groups is 1. The number of carbonyl (C=O) groups excluding carboxylic acids is 1. The second-order valence-corrected chi connectivity index (χ2v) is 10.6. The maximum absolute atomic E-state index is 12.4. The van der Waals surface area contributed by atoms with E-state index < -0.39 is 9.84 Å². The highest BCUT2D eigenvalue weighted by molar-refractivity contribution is 7.99. The van der Waals surface area contributed by atoms with E-state index in [0.717, 1.165) is 24.2 Å². The van der Waals surface area contributed by atoms with Crippen LogP contribution in [0, 0.1) is 0 Å². The lowest BCUT2D eigenvalue weighted by molar-refractivity contribution is 0.102. The van der Waals surface area contributed by atoms with Crippen LogP contribution < -0.4 is 10.1 Å². The van der Waals surface area contributed by atoms with Crippen molar-refractivity contribution in [3.05, 3.63) is 42.1 Å². The molecule has 7 nitrogen and oxygen atoms in total. The van der Waals surface area contributed by atoms with Gasteiger partial charge in [0.25, 0.3) is 5.91 Å². The Morgan fingerprint density at radius 3 is 2.82 bits per heavy atom. The Hall–Kier alpha value is -2.17. The van der Waals surface area contributed by atoms with Crippen molar-refractivity contribution in [3.8, 4) is 5.88 Å². The number of pyridine rings is 1. The van der Waals surface area contributed by atoms with Gasteiger partial charge in [0.2, 0.25) is 5.88 Å². The SMILES string of the molecule is CS(=O)(=O)c1ccc2nc(NC(=O)c3ccc(O[C@@H]4CCSC4)nc3)sc2c1. The summed E-state index contributed by atoms with van der Waals surface area (Å²) < 4.78 is 29.8. The highest BCUT2D eigenvalue weighted by atomic mass is 32.2. The largest absolute Gasteiger partial charge is 0.473 e. The van der Waals surface area contributed by atoms with Gasteiger partial charge in [-0.3, -0.25) is 10.1 Å². The number of thiazole rings is 1. The summed E-state index contributed by atoms with van der Waals surface area (Å²) in [4.78, 5) is 21.2. The normalized spacial score (nSPS) is 17.0. The van der Waals surface area contributed by atoms with Crippen molar-refractivity contribution in [1.29, 1.82) is 0 Å². The summed E-state index contributed by atoms with van der Waals surface area (Å²) in [5, 5.41) is 3.13. The fourth-order valence-electron chi connectivity index (χ4n) is 2.72. The van der Waals surface area contributed by atoms with E-state index in [2.05, 4.69) is 15.3 Å². The Kier molecular flexibility index (Phi) is 5.26. The van der Waals surface area contributed by atoms with Crippen LogP contribution in [-0.4, -0.2) is 48.2 Å². The second-order valence-electron chi connectivity index (χ2n) is 6.36. The molecule has 146 valence electrons. The molecule has 0 aliphatic carbocycles. The number of nitrogens with zero attached hydrogens (tertiary/aromatic N) is 2. The number of amides is 1. The molecule has 10 heteroatoms. The lowest BCUT2D eigenvalue weighted by Gasteiger charge is -2.11. The minimum atomic E-state index is -3.29. The number of anilines is 1. The van der Waals surface area contributed by atoms with Crippen LogP contribution in [0.2, 0.25) is 0 Å². The first kappa shape index (κ1) is 19.2. The Morgan fingerprint density at radius 2 is 2.14 bits per heavy atom. The highest BCUT2D eigenvalue weighted by Gasteiger charge is 2.18. The fourth-order valence-corrected chi connectivity index (χ4v) is 5.44. The molecule has 0 bridgehead atoms. The van der Waals surface area contributed by atoms with Gasteiger partial charge in [0.1, 0.15) is 6.10 Å². The van der Waals surface area contributed by atoms with Crippen LogP contribution in [0.4, 0.5) is 5.13 Å². The number of thioether (sulfide) groups is 1. The number of aromatic nitrogens is 2. The minimum absolute atomic E-state index is 0.178. The van der Waals surface area contributed by atoms with Gasteiger partial charge in [-0.1, -0.05) is 11.3 Å². The van der Waals surface area contributed by atoms with Crippen molar-refractivity contribution >= 4 is 54.2 Å². The first-order valence-electron chi connectivity index (χ1n) is 8.51. The second kappa shape index (κ2) is 7.69. The number of ether oxygens (including phenoxy) is 1. The Balaban J connectivity index is 1.46.